The molecule has 0 aliphatic carbocycles. The summed E-state index contributed by atoms with van der Waals surface area (Å²) in [6, 6.07) is -0.0261. The van der Waals surface area contributed by atoms with Gasteiger partial charge in [-0.3, -0.25) is 4.57 Å². The van der Waals surface area contributed by atoms with E-state index in [-0.39, 0.29) is 24.4 Å². The molecule has 3 N–H and O–H groups in total. The van der Waals surface area contributed by atoms with Gasteiger partial charge in [-0.2, -0.15) is 13.2 Å². The van der Waals surface area contributed by atoms with E-state index < -0.39 is 12.7 Å². The number of rotatable bonds is 4. The predicted molar refractivity (Wildman–Crippen MR) is 52.7 cm³/mol. The molecule has 0 bridgehead atoms. The van der Waals surface area contributed by atoms with E-state index in [9.17, 15) is 13.2 Å². The summed E-state index contributed by atoms with van der Waals surface area (Å²) in [5.41, 5.74) is 5.30. The highest BCUT2D eigenvalue weighted by molar-refractivity contribution is 5.27. The van der Waals surface area contributed by atoms with Crippen molar-refractivity contribution in [2.45, 2.75) is 39.2 Å². The average molecular weight is 237 g/mol. The summed E-state index contributed by atoms with van der Waals surface area (Å²) in [4.78, 5) is 0. The fourth-order valence-electron chi connectivity index (χ4n) is 1.20. The van der Waals surface area contributed by atoms with Crippen LogP contribution in [0.3, 0.4) is 0 Å². The number of hydrogen-bond acceptors (Lipinski definition) is 4. The summed E-state index contributed by atoms with van der Waals surface area (Å²) in [7, 11) is 0. The second-order valence-electron chi connectivity index (χ2n) is 3.64. The van der Waals surface area contributed by atoms with Gasteiger partial charge in [0.2, 0.25) is 5.95 Å². The maximum Gasteiger partial charge on any atom is 0.406 e. The van der Waals surface area contributed by atoms with Gasteiger partial charge in [-0.15, -0.1) is 10.2 Å². The first-order chi connectivity index (χ1) is 7.33. The van der Waals surface area contributed by atoms with Gasteiger partial charge in [0.1, 0.15) is 12.4 Å². The molecule has 16 heavy (non-hydrogen) atoms. The van der Waals surface area contributed by atoms with Crippen LogP contribution >= 0.6 is 0 Å². The number of anilines is 1. The Hall–Kier alpha value is -1.31. The smallest absolute Gasteiger partial charge is 0.352 e. The van der Waals surface area contributed by atoms with Gasteiger partial charge in [-0.05, 0) is 13.8 Å². The summed E-state index contributed by atoms with van der Waals surface area (Å²) in [5.74, 6) is 0.202. The quantitative estimate of drug-likeness (QED) is 0.823. The zero-order valence-electron chi connectivity index (χ0n) is 9.04. The fraction of sp³-hybridized carbons (Fsp3) is 0.750. The lowest BCUT2D eigenvalue weighted by atomic mass is 10.4. The molecule has 0 aliphatic heterocycles. The maximum atomic E-state index is 12.3. The maximum absolute atomic E-state index is 12.3. The minimum Gasteiger partial charge on any atom is -0.352 e. The van der Waals surface area contributed by atoms with Gasteiger partial charge in [-0.25, -0.2) is 0 Å². The van der Waals surface area contributed by atoms with Gasteiger partial charge >= 0.3 is 6.18 Å². The number of nitrogens with two attached hydrogens (primary N) is 1. The lowest BCUT2D eigenvalue weighted by Gasteiger charge is -2.14. The second kappa shape index (κ2) is 4.69. The molecular formula is C8H14F3N5. The molecule has 0 saturated carbocycles. The molecule has 1 aromatic heterocycles. The van der Waals surface area contributed by atoms with E-state index in [0.717, 1.165) is 4.57 Å². The van der Waals surface area contributed by atoms with Crippen LogP contribution < -0.4 is 11.1 Å². The van der Waals surface area contributed by atoms with Crippen molar-refractivity contribution < 1.29 is 13.2 Å². The van der Waals surface area contributed by atoms with Gasteiger partial charge in [-0.1, -0.05) is 0 Å². The van der Waals surface area contributed by atoms with E-state index in [4.69, 9.17) is 5.73 Å². The molecule has 92 valence electrons. The van der Waals surface area contributed by atoms with Crippen LogP contribution in [-0.2, 0) is 13.1 Å². The highest BCUT2D eigenvalue weighted by Gasteiger charge is 2.30. The van der Waals surface area contributed by atoms with Gasteiger partial charge in [0.25, 0.3) is 0 Å². The molecule has 0 spiro atoms. The van der Waals surface area contributed by atoms with Crippen LogP contribution in [-0.4, -0.2) is 27.0 Å². The molecule has 0 radical (unpaired) electrons. The average Bonchev–Trinajstić information content (AvgIpc) is 2.45. The molecular weight excluding hydrogens is 223 g/mol. The summed E-state index contributed by atoms with van der Waals surface area (Å²) in [5, 5.41) is 10.0. The van der Waals surface area contributed by atoms with Crippen molar-refractivity contribution in [2.24, 2.45) is 5.73 Å². The third-order valence-corrected chi connectivity index (χ3v) is 1.77. The Morgan fingerprint density at radius 3 is 2.44 bits per heavy atom. The third kappa shape index (κ3) is 3.37. The molecule has 0 unspecified atom stereocenters. The van der Waals surface area contributed by atoms with Gasteiger partial charge < -0.3 is 11.1 Å². The number of hydrogen-bond donors (Lipinski definition) is 2. The van der Waals surface area contributed by atoms with Crippen LogP contribution in [0.15, 0.2) is 0 Å². The van der Waals surface area contributed by atoms with Crippen molar-refractivity contribution in [3.63, 3.8) is 0 Å². The standard InChI is InChI=1S/C8H14F3N5/c1-5(2)13-7-15-14-6(3-12)16(7)4-8(9,10)11/h5H,3-4,12H2,1-2H3,(H,13,15). The molecule has 5 nitrogen and oxygen atoms in total. The SMILES string of the molecule is CC(C)Nc1nnc(CN)n1CC(F)(F)F. The van der Waals surface area contributed by atoms with E-state index in [1.807, 2.05) is 0 Å². The zero-order chi connectivity index (χ0) is 12.3. The molecule has 0 amide bonds. The Morgan fingerprint density at radius 1 is 1.38 bits per heavy atom. The monoisotopic (exact) mass is 237 g/mol. The highest BCUT2D eigenvalue weighted by atomic mass is 19.4. The number of alkyl halides is 3. The van der Waals surface area contributed by atoms with E-state index in [2.05, 4.69) is 15.5 Å². The third-order valence-electron chi connectivity index (χ3n) is 1.77. The molecule has 0 aliphatic rings. The van der Waals surface area contributed by atoms with Gasteiger partial charge in [0, 0.05) is 6.04 Å². The Labute approximate surface area is 90.8 Å². The minimum atomic E-state index is -4.32. The summed E-state index contributed by atoms with van der Waals surface area (Å²) >= 11 is 0. The second-order valence-corrected chi connectivity index (χ2v) is 3.64. The van der Waals surface area contributed by atoms with E-state index in [1.54, 1.807) is 13.8 Å². The van der Waals surface area contributed by atoms with Gasteiger partial charge in [0.15, 0.2) is 0 Å². The lowest BCUT2D eigenvalue weighted by molar-refractivity contribution is -0.140. The molecule has 0 saturated heterocycles. The minimum absolute atomic E-state index is 0.0261. The normalized spacial score (nSPS) is 12.2. The van der Waals surface area contributed by atoms with Crippen LogP contribution in [0.1, 0.15) is 19.7 Å². The van der Waals surface area contributed by atoms with Crippen LogP contribution in [0.2, 0.25) is 0 Å². The summed E-state index contributed by atoms with van der Waals surface area (Å²) in [6.07, 6.45) is -4.32. The van der Waals surface area contributed by atoms with Gasteiger partial charge in [0.05, 0.1) is 6.54 Å². The Kier molecular flexibility index (Phi) is 3.74. The molecule has 0 atom stereocenters. The van der Waals surface area contributed by atoms with Crippen molar-refractivity contribution in [2.75, 3.05) is 5.32 Å². The summed E-state index contributed by atoms with van der Waals surface area (Å²) in [6.45, 7) is 2.38. The molecule has 1 heterocycles. The highest BCUT2D eigenvalue weighted by Crippen LogP contribution is 2.21. The predicted octanol–water partition coefficient (Wildman–Crippen LogP) is 1.12. The van der Waals surface area contributed by atoms with Crippen LogP contribution in [0.4, 0.5) is 19.1 Å². The molecule has 0 fully saturated rings. The van der Waals surface area contributed by atoms with E-state index in [0.29, 0.717) is 0 Å². The number of aromatic nitrogens is 3. The Morgan fingerprint density at radius 2 is 2.00 bits per heavy atom. The first-order valence-electron chi connectivity index (χ1n) is 4.79. The first kappa shape index (κ1) is 12.8. The fourth-order valence-corrected chi connectivity index (χ4v) is 1.20. The van der Waals surface area contributed by atoms with Crippen LogP contribution in [0.25, 0.3) is 0 Å². The number of nitrogens with zero attached hydrogens (tertiary/aromatic N) is 3. The topological polar surface area (TPSA) is 68.8 Å². The summed E-state index contributed by atoms with van der Waals surface area (Å²) < 4.78 is 37.9. The lowest BCUT2D eigenvalue weighted by Crippen LogP contribution is -2.24. The Bertz CT molecular complexity index is 344. The van der Waals surface area contributed by atoms with E-state index >= 15 is 0 Å². The Balaban J connectivity index is 2.96. The number of halogens is 3. The van der Waals surface area contributed by atoms with Crippen molar-refractivity contribution >= 4 is 5.95 Å². The molecule has 1 aromatic rings. The van der Waals surface area contributed by atoms with Crippen molar-refractivity contribution in [1.82, 2.24) is 14.8 Å². The molecule has 8 heteroatoms. The van der Waals surface area contributed by atoms with Crippen molar-refractivity contribution in [1.29, 1.82) is 0 Å². The van der Waals surface area contributed by atoms with Crippen molar-refractivity contribution in [3.8, 4) is 0 Å². The molecule has 0 aromatic carbocycles. The number of nitrogens with one attached hydrogen (secondary N) is 1. The van der Waals surface area contributed by atoms with Crippen molar-refractivity contribution in [3.05, 3.63) is 5.82 Å². The van der Waals surface area contributed by atoms with Crippen LogP contribution in [0, 0.1) is 0 Å². The largest absolute Gasteiger partial charge is 0.406 e. The van der Waals surface area contributed by atoms with Crippen LogP contribution in [0.5, 0.6) is 0 Å². The first-order valence-corrected chi connectivity index (χ1v) is 4.79. The molecule has 1 rings (SSSR count). The van der Waals surface area contributed by atoms with E-state index in [1.165, 1.54) is 0 Å². The zero-order valence-corrected chi connectivity index (χ0v) is 9.04.